The summed E-state index contributed by atoms with van der Waals surface area (Å²) in [5.74, 6) is 0. The molecule has 1 aromatic rings. The predicted octanol–water partition coefficient (Wildman–Crippen LogP) is 3.19. The molecular formula is C16H25NO3. The van der Waals surface area contributed by atoms with Crippen LogP contribution in [0.25, 0.3) is 0 Å². The van der Waals surface area contributed by atoms with Crippen LogP contribution in [0.3, 0.4) is 0 Å². The number of amides is 1. The van der Waals surface area contributed by atoms with Gasteiger partial charge in [-0.1, -0.05) is 30.3 Å². The van der Waals surface area contributed by atoms with Gasteiger partial charge in [0.1, 0.15) is 5.60 Å². The number of nitrogens with zero attached hydrogens (tertiary/aromatic N) is 1. The van der Waals surface area contributed by atoms with E-state index >= 15 is 0 Å². The molecule has 112 valence electrons. The van der Waals surface area contributed by atoms with Gasteiger partial charge < -0.3 is 14.7 Å². The van der Waals surface area contributed by atoms with Crippen molar-refractivity contribution >= 4 is 6.09 Å². The van der Waals surface area contributed by atoms with Crippen molar-refractivity contribution in [1.82, 2.24) is 4.90 Å². The van der Waals surface area contributed by atoms with Crippen LogP contribution in [0, 0.1) is 0 Å². The molecule has 0 aliphatic carbocycles. The Kier molecular flexibility index (Phi) is 6.02. The van der Waals surface area contributed by atoms with Crippen LogP contribution in [-0.4, -0.2) is 34.3 Å². The van der Waals surface area contributed by atoms with E-state index < -0.39 is 5.60 Å². The highest BCUT2D eigenvalue weighted by atomic mass is 16.6. The standard InChI is InChI=1S/C16H25NO3/c1-13(10-11-18)17(15(19)20-16(2,3)4)12-14-8-6-5-7-9-14/h5-9,13,18H,10-12H2,1-4H3. The third-order valence-corrected chi connectivity index (χ3v) is 2.90. The molecule has 4 nitrogen and oxygen atoms in total. The zero-order valence-electron chi connectivity index (χ0n) is 12.8. The molecule has 0 heterocycles. The van der Waals surface area contributed by atoms with Gasteiger partial charge in [0.25, 0.3) is 0 Å². The van der Waals surface area contributed by atoms with Gasteiger partial charge in [0.15, 0.2) is 0 Å². The summed E-state index contributed by atoms with van der Waals surface area (Å²) in [6, 6.07) is 9.71. The van der Waals surface area contributed by atoms with Crippen molar-refractivity contribution in [1.29, 1.82) is 0 Å². The first-order valence-electron chi connectivity index (χ1n) is 6.98. The first-order valence-corrected chi connectivity index (χ1v) is 6.98. The molecule has 0 aliphatic heterocycles. The summed E-state index contributed by atoms with van der Waals surface area (Å²) in [5.41, 5.74) is 0.522. The Labute approximate surface area is 121 Å². The zero-order valence-corrected chi connectivity index (χ0v) is 12.8. The maximum absolute atomic E-state index is 12.3. The van der Waals surface area contributed by atoms with Crippen LogP contribution >= 0.6 is 0 Å². The Morgan fingerprint density at radius 2 is 1.90 bits per heavy atom. The number of aliphatic hydroxyl groups is 1. The molecule has 0 aliphatic rings. The lowest BCUT2D eigenvalue weighted by Crippen LogP contribution is -2.42. The lowest BCUT2D eigenvalue weighted by molar-refractivity contribution is 0.0134. The van der Waals surface area contributed by atoms with Crippen molar-refractivity contribution in [3.63, 3.8) is 0 Å². The van der Waals surface area contributed by atoms with E-state index in [1.165, 1.54) is 0 Å². The van der Waals surface area contributed by atoms with Gasteiger partial charge in [0, 0.05) is 19.2 Å². The number of rotatable bonds is 5. The average Bonchev–Trinajstić information content (AvgIpc) is 2.35. The normalized spacial score (nSPS) is 12.8. The molecular weight excluding hydrogens is 254 g/mol. The highest BCUT2D eigenvalue weighted by Gasteiger charge is 2.25. The molecule has 1 rings (SSSR count). The van der Waals surface area contributed by atoms with E-state index in [-0.39, 0.29) is 18.7 Å². The molecule has 0 saturated carbocycles. The minimum absolute atomic E-state index is 0.0508. The Bertz CT molecular complexity index is 411. The van der Waals surface area contributed by atoms with E-state index in [4.69, 9.17) is 9.84 Å². The molecule has 0 radical (unpaired) electrons. The number of hydrogen-bond donors (Lipinski definition) is 1. The summed E-state index contributed by atoms with van der Waals surface area (Å²) in [4.78, 5) is 14.0. The van der Waals surface area contributed by atoms with Gasteiger partial charge in [-0.3, -0.25) is 0 Å². The maximum atomic E-state index is 12.3. The quantitative estimate of drug-likeness (QED) is 0.900. The average molecular weight is 279 g/mol. The van der Waals surface area contributed by atoms with E-state index in [0.717, 1.165) is 5.56 Å². The van der Waals surface area contributed by atoms with Crippen molar-refractivity contribution in [3.8, 4) is 0 Å². The van der Waals surface area contributed by atoms with Gasteiger partial charge in [-0.15, -0.1) is 0 Å². The molecule has 4 heteroatoms. The van der Waals surface area contributed by atoms with Crippen molar-refractivity contribution in [2.24, 2.45) is 0 Å². The first kappa shape index (κ1) is 16.5. The molecule has 0 spiro atoms. The SMILES string of the molecule is CC(CCO)N(Cc1ccccc1)C(=O)OC(C)(C)C. The molecule has 1 atom stereocenters. The second-order valence-corrected chi connectivity index (χ2v) is 5.96. The number of ether oxygens (including phenoxy) is 1. The monoisotopic (exact) mass is 279 g/mol. The largest absolute Gasteiger partial charge is 0.444 e. The highest BCUT2D eigenvalue weighted by Crippen LogP contribution is 2.16. The number of hydrogen-bond acceptors (Lipinski definition) is 3. The van der Waals surface area contributed by atoms with Crippen LogP contribution in [0.4, 0.5) is 4.79 Å². The molecule has 1 N–H and O–H groups in total. The molecule has 1 aromatic carbocycles. The van der Waals surface area contributed by atoms with Crippen molar-refractivity contribution in [2.45, 2.75) is 52.3 Å². The van der Waals surface area contributed by atoms with Gasteiger partial charge in [0.2, 0.25) is 0 Å². The minimum atomic E-state index is -0.523. The number of aliphatic hydroxyl groups excluding tert-OH is 1. The smallest absolute Gasteiger partial charge is 0.410 e. The predicted molar refractivity (Wildman–Crippen MR) is 79.4 cm³/mol. The molecule has 0 saturated heterocycles. The molecule has 20 heavy (non-hydrogen) atoms. The lowest BCUT2D eigenvalue weighted by Gasteiger charge is -2.31. The third kappa shape index (κ3) is 5.61. The topological polar surface area (TPSA) is 49.8 Å². The Balaban J connectivity index is 2.82. The second-order valence-electron chi connectivity index (χ2n) is 5.96. The van der Waals surface area contributed by atoms with E-state index in [9.17, 15) is 4.79 Å². The Hall–Kier alpha value is -1.55. The zero-order chi connectivity index (χ0) is 15.2. The molecule has 0 bridgehead atoms. The van der Waals surface area contributed by atoms with Gasteiger partial charge >= 0.3 is 6.09 Å². The first-order chi connectivity index (χ1) is 9.33. The molecule has 0 aromatic heterocycles. The van der Waals surface area contributed by atoms with Crippen LogP contribution in [0.1, 0.15) is 39.7 Å². The van der Waals surface area contributed by atoms with E-state index in [1.54, 1.807) is 4.90 Å². The van der Waals surface area contributed by atoms with Gasteiger partial charge in [-0.05, 0) is 39.7 Å². The summed E-state index contributed by atoms with van der Waals surface area (Å²) in [7, 11) is 0. The van der Waals surface area contributed by atoms with E-state index in [2.05, 4.69) is 0 Å². The Morgan fingerprint density at radius 1 is 1.30 bits per heavy atom. The summed E-state index contributed by atoms with van der Waals surface area (Å²) in [5, 5.41) is 9.09. The maximum Gasteiger partial charge on any atom is 0.410 e. The fourth-order valence-electron chi connectivity index (χ4n) is 1.84. The molecule has 1 unspecified atom stereocenters. The van der Waals surface area contributed by atoms with Crippen molar-refractivity contribution in [3.05, 3.63) is 35.9 Å². The minimum Gasteiger partial charge on any atom is -0.444 e. The van der Waals surface area contributed by atoms with Crippen molar-refractivity contribution in [2.75, 3.05) is 6.61 Å². The van der Waals surface area contributed by atoms with E-state index in [0.29, 0.717) is 13.0 Å². The summed E-state index contributed by atoms with van der Waals surface area (Å²) >= 11 is 0. The van der Waals surface area contributed by atoms with Crippen LogP contribution in [-0.2, 0) is 11.3 Å². The fourth-order valence-corrected chi connectivity index (χ4v) is 1.84. The molecule has 0 fully saturated rings. The Morgan fingerprint density at radius 3 is 2.40 bits per heavy atom. The summed E-state index contributed by atoms with van der Waals surface area (Å²) < 4.78 is 5.44. The van der Waals surface area contributed by atoms with Crippen LogP contribution in [0.15, 0.2) is 30.3 Å². The highest BCUT2D eigenvalue weighted by molar-refractivity contribution is 5.68. The number of carbonyl (C=O) groups excluding carboxylic acids is 1. The van der Waals surface area contributed by atoms with E-state index in [1.807, 2.05) is 58.0 Å². The van der Waals surface area contributed by atoms with Crippen molar-refractivity contribution < 1.29 is 14.6 Å². The van der Waals surface area contributed by atoms with Crippen LogP contribution in [0.5, 0.6) is 0 Å². The lowest BCUT2D eigenvalue weighted by atomic mass is 10.1. The van der Waals surface area contributed by atoms with Gasteiger partial charge in [0.05, 0.1) is 0 Å². The van der Waals surface area contributed by atoms with Crippen LogP contribution < -0.4 is 0 Å². The van der Waals surface area contributed by atoms with Gasteiger partial charge in [-0.2, -0.15) is 0 Å². The molecule has 1 amide bonds. The van der Waals surface area contributed by atoms with Crippen LogP contribution in [0.2, 0.25) is 0 Å². The summed E-state index contributed by atoms with van der Waals surface area (Å²) in [6.07, 6.45) is 0.189. The van der Waals surface area contributed by atoms with Gasteiger partial charge in [-0.25, -0.2) is 4.79 Å². The second kappa shape index (κ2) is 7.29. The summed E-state index contributed by atoms with van der Waals surface area (Å²) in [6.45, 7) is 8.00. The third-order valence-electron chi connectivity index (χ3n) is 2.90. The number of carbonyl (C=O) groups is 1. The number of benzene rings is 1. The fraction of sp³-hybridized carbons (Fsp3) is 0.562.